The number of allylic oxidation sites excluding steroid dienone is 1. The van der Waals surface area contributed by atoms with Crippen molar-refractivity contribution >= 4 is 5.78 Å². The molecule has 0 saturated heterocycles. The van der Waals surface area contributed by atoms with Gasteiger partial charge in [0.15, 0.2) is 0 Å². The molecule has 44 valence electrons. The molecule has 1 unspecified atom stereocenters. The molecule has 1 fully saturated rings. The molecule has 1 saturated carbocycles. The van der Waals surface area contributed by atoms with Crippen LogP contribution < -0.4 is 0 Å². The molecule has 1 nitrogen and oxygen atoms in total. The third-order valence-corrected chi connectivity index (χ3v) is 1.64. The van der Waals surface area contributed by atoms with Crippen LogP contribution in [0.3, 0.4) is 0 Å². The minimum atomic E-state index is 0.190. The lowest BCUT2D eigenvalue weighted by Gasteiger charge is -1.94. The number of ketones is 1. The van der Waals surface area contributed by atoms with E-state index in [-0.39, 0.29) is 5.92 Å². The Morgan fingerprint density at radius 3 is 2.75 bits per heavy atom. The van der Waals surface area contributed by atoms with E-state index in [1.165, 1.54) is 0 Å². The van der Waals surface area contributed by atoms with Crippen LogP contribution in [0.2, 0.25) is 0 Å². The maximum Gasteiger partial charge on any atom is 0.139 e. The normalized spacial score (nSPS) is 28.5. The second-order valence-electron chi connectivity index (χ2n) is 2.20. The summed E-state index contributed by atoms with van der Waals surface area (Å²) in [6.07, 6.45) is 4.63. The van der Waals surface area contributed by atoms with E-state index in [4.69, 9.17) is 0 Å². The van der Waals surface area contributed by atoms with Gasteiger partial charge in [0.25, 0.3) is 0 Å². The Balaban J connectivity index is 2.54. The quantitative estimate of drug-likeness (QED) is 0.468. The highest BCUT2D eigenvalue weighted by molar-refractivity contribution is 5.84. The summed E-state index contributed by atoms with van der Waals surface area (Å²) in [6, 6.07) is 0. The fourth-order valence-electron chi connectivity index (χ4n) is 1.09. The lowest BCUT2D eigenvalue weighted by Crippen LogP contribution is -2.00. The van der Waals surface area contributed by atoms with Crippen LogP contribution in [-0.2, 0) is 4.79 Å². The zero-order chi connectivity index (χ0) is 5.98. The van der Waals surface area contributed by atoms with Crippen LogP contribution in [0.15, 0.2) is 12.7 Å². The molecule has 8 heavy (non-hydrogen) atoms. The molecule has 1 rings (SSSR count). The summed E-state index contributed by atoms with van der Waals surface area (Å²) in [5.41, 5.74) is 0. The standard InChI is InChI=1S/C7H10O/c1-2-6-4-3-5-7(6)8/h2,6H,1,3-5H2. The molecule has 0 spiro atoms. The average Bonchev–Trinajstić information content (AvgIpc) is 2.14. The first-order valence-corrected chi connectivity index (χ1v) is 3.00. The van der Waals surface area contributed by atoms with Gasteiger partial charge in [0.1, 0.15) is 5.78 Å². The van der Waals surface area contributed by atoms with Crippen molar-refractivity contribution in [2.45, 2.75) is 19.3 Å². The van der Waals surface area contributed by atoms with Crippen molar-refractivity contribution in [1.29, 1.82) is 0 Å². The van der Waals surface area contributed by atoms with Crippen molar-refractivity contribution in [2.75, 3.05) is 0 Å². The van der Waals surface area contributed by atoms with Crippen molar-refractivity contribution in [3.8, 4) is 0 Å². The van der Waals surface area contributed by atoms with Crippen LogP contribution in [0.5, 0.6) is 0 Å². The van der Waals surface area contributed by atoms with Gasteiger partial charge in [0.05, 0.1) is 0 Å². The molecule has 0 radical (unpaired) electrons. The van der Waals surface area contributed by atoms with E-state index in [0.717, 1.165) is 19.3 Å². The first-order valence-electron chi connectivity index (χ1n) is 3.00. The predicted molar refractivity (Wildman–Crippen MR) is 32.5 cm³/mol. The number of Topliss-reactive ketones (excluding diaryl/α,β-unsaturated/α-hetero) is 1. The molecule has 1 heteroatoms. The highest BCUT2D eigenvalue weighted by Gasteiger charge is 2.20. The van der Waals surface area contributed by atoms with Crippen molar-refractivity contribution < 1.29 is 4.79 Å². The zero-order valence-electron chi connectivity index (χ0n) is 4.89. The number of carbonyl (C=O) groups excluding carboxylic acids is 1. The summed E-state index contributed by atoms with van der Waals surface area (Å²) in [5.74, 6) is 0.565. The Morgan fingerprint density at radius 1 is 1.75 bits per heavy atom. The Kier molecular flexibility index (Phi) is 1.47. The van der Waals surface area contributed by atoms with Crippen LogP contribution >= 0.6 is 0 Å². The Morgan fingerprint density at radius 2 is 2.50 bits per heavy atom. The SMILES string of the molecule is C=CC1CCCC1=O. The first kappa shape index (κ1) is 5.54. The van der Waals surface area contributed by atoms with Gasteiger partial charge in [-0.05, 0) is 12.8 Å². The van der Waals surface area contributed by atoms with Gasteiger partial charge >= 0.3 is 0 Å². The van der Waals surface area contributed by atoms with E-state index in [9.17, 15) is 4.79 Å². The Labute approximate surface area is 49.4 Å². The molecular formula is C7H10O. The molecular weight excluding hydrogens is 100 g/mol. The van der Waals surface area contributed by atoms with Gasteiger partial charge in [-0.25, -0.2) is 0 Å². The van der Waals surface area contributed by atoms with Gasteiger partial charge in [-0.2, -0.15) is 0 Å². The molecule has 0 amide bonds. The summed E-state index contributed by atoms with van der Waals surface area (Å²) in [6.45, 7) is 3.57. The minimum Gasteiger partial charge on any atom is -0.299 e. The molecule has 0 aromatic heterocycles. The third kappa shape index (κ3) is 0.808. The second-order valence-corrected chi connectivity index (χ2v) is 2.20. The lowest BCUT2D eigenvalue weighted by molar-refractivity contribution is -0.119. The van der Waals surface area contributed by atoms with Crippen LogP contribution in [0.4, 0.5) is 0 Å². The van der Waals surface area contributed by atoms with Gasteiger partial charge < -0.3 is 0 Å². The summed E-state index contributed by atoms with van der Waals surface area (Å²) >= 11 is 0. The smallest absolute Gasteiger partial charge is 0.139 e. The monoisotopic (exact) mass is 110 g/mol. The summed E-state index contributed by atoms with van der Waals surface area (Å²) in [7, 11) is 0. The van der Waals surface area contributed by atoms with Crippen LogP contribution in [0, 0.1) is 5.92 Å². The molecule has 1 aliphatic carbocycles. The molecule has 0 aromatic rings. The van der Waals surface area contributed by atoms with Crippen molar-refractivity contribution in [3.05, 3.63) is 12.7 Å². The topological polar surface area (TPSA) is 17.1 Å². The largest absolute Gasteiger partial charge is 0.299 e. The van der Waals surface area contributed by atoms with E-state index in [0.29, 0.717) is 5.78 Å². The lowest BCUT2D eigenvalue weighted by atomic mass is 10.1. The molecule has 0 bridgehead atoms. The number of hydrogen-bond acceptors (Lipinski definition) is 1. The van der Waals surface area contributed by atoms with Crippen LogP contribution in [-0.4, -0.2) is 5.78 Å². The molecule has 0 aromatic carbocycles. The van der Waals surface area contributed by atoms with Gasteiger partial charge in [-0.3, -0.25) is 4.79 Å². The fraction of sp³-hybridized carbons (Fsp3) is 0.571. The van der Waals surface area contributed by atoms with Crippen LogP contribution in [0.1, 0.15) is 19.3 Å². The molecule has 0 N–H and O–H groups in total. The fourth-order valence-corrected chi connectivity index (χ4v) is 1.09. The van der Waals surface area contributed by atoms with Crippen molar-refractivity contribution in [1.82, 2.24) is 0 Å². The van der Waals surface area contributed by atoms with E-state index < -0.39 is 0 Å². The van der Waals surface area contributed by atoms with Gasteiger partial charge in [0, 0.05) is 12.3 Å². The summed E-state index contributed by atoms with van der Waals surface area (Å²) in [4.78, 5) is 10.7. The summed E-state index contributed by atoms with van der Waals surface area (Å²) in [5, 5.41) is 0. The molecule has 0 heterocycles. The van der Waals surface area contributed by atoms with Crippen molar-refractivity contribution in [2.24, 2.45) is 5.92 Å². The molecule has 1 aliphatic rings. The minimum absolute atomic E-state index is 0.190. The number of rotatable bonds is 1. The Hall–Kier alpha value is -0.590. The number of hydrogen-bond donors (Lipinski definition) is 0. The Bertz CT molecular complexity index is 116. The van der Waals surface area contributed by atoms with Gasteiger partial charge in [-0.15, -0.1) is 6.58 Å². The van der Waals surface area contributed by atoms with Gasteiger partial charge in [0.2, 0.25) is 0 Å². The van der Waals surface area contributed by atoms with E-state index in [1.807, 2.05) is 0 Å². The van der Waals surface area contributed by atoms with Gasteiger partial charge in [-0.1, -0.05) is 6.08 Å². The molecule has 0 aliphatic heterocycles. The highest BCUT2D eigenvalue weighted by atomic mass is 16.1. The predicted octanol–water partition coefficient (Wildman–Crippen LogP) is 1.54. The third-order valence-electron chi connectivity index (χ3n) is 1.64. The zero-order valence-corrected chi connectivity index (χ0v) is 4.89. The summed E-state index contributed by atoms with van der Waals surface area (Å²) < 4.78 is 0. The van der Waals surface area contributed by atoms with E-state index in [2.05, 4.69) is 6.58 Å². The molecule has 1 atom stereocenters. The maximum atomic E-state index is 10.7. The highest BCUT2D eigenvalue weighted by Crippen LogP contribution is 2.21. The first-order chi connectivity index (χ1) is 3.84. The number of carbonyl (C=O) groups is 1. The maximum absolute atomic E-state index is 10.7. The van der Waals surface area contributed by atoms with E-state index >= 15 is 0 Å². The van der Waals surface area contributed by atoms with E-state index in [1.54, 1.807) is 6.08 Å². The average molecular weight is 110 g/mol. The second kappa shape index (κ2) is 2.12. The van der Waals surface area contributed by atoms with Crippen LogP contribution in [0.25, 0.3) is 0 Å². The van der Waals surface area contributed by atoms with Crippen molar-refractivity contribution in [3.63, 3.8) is 0 Å².